The van der Waals surface area contributed by atoms with Gasteiger partial charge in [-0.05, 0) is 37.3 Å². The molecule has 0 unspecified atom stereocenters. The molecule has 2 aromatic rings. The Morgan fingerprint density at radius 1 is 0.923 bits per heavy atom. The number of fused-ring (bicyclic) bond motifs is 1. The molecule has 0 bridgehead atoms. The molecule has 0 N–H and O–H groups in total. The molecule has 4 rings (SSSR count). The number of hydrogen-bond donors (Lipinski definition) is 0. The summed E-state index contributed by atoms with van der Waals surface area (Å²) < 4.78 is 5.26. The minimum atomic E-state index is -0.398. The molecule has 132 valence electrons. The summed E-state index contributed by atoms with van der Waals surface area (Å²) in [7, 11) is 0. The van der Waals surface area contributed by atoms with Crippen LogP contribution in [0.3, 0.4) is 0 Å². The number of hydrogen-bond acceptors (Lipinski definition) is 4. The summed E-state index contributed by atoms with van der Waals surface area (Å²) in [4.78, 5) is 41.0. The third-order valence-electron chi connectivity index (χ3n) is 4.72. The number of aryl methyl sites for hydroxylation is 1. The van der Waals surface area contributed by atoms with E-state index < -0.39 is 5.91 Å². The number of carbonyl (C=O) groups excluding carboxylic acids is 3. The van der Waals surface area contributed by atoms with E-state index in [-0.39, 0.29) is 17.4 Å². The van der Waals surface area contributed by atoms with E-state index in [9.17, 15) is 14.4 Å². The first-order chi connectivity index (χ1) is 12.6. The highest BCUT2D eigenvalue weighted by Gasteiger charge is 2.37. The van der Waals surface area contributed by atoms with E-state index in [0.29, 0.717) is 43.1 Å². The third kappa shape index (κ3) is 2.68. The van der Waals surface area contributed by atoms with Crippen molar-refractivity contribution in [3.63, 3.8) is 0 Å². The van der Waals surface area contributed by atoms with Crippen molar-refractivity contribution in [2.24, 2.45) is 0 Å². The molecule has 2 heterocycles. The van der Waals surface area contributed by atoms with E-state index in [0.717, 1.165) is 10.5 Å². The van der Waals surface area contributed by atoms with Crippen LogP contribution in [0.25, 0.3) is 0 Å². The lowest BCUT2D eigenvalue weighted by Crippen LogP contribution is -2.40. The molecule has 26 heavy (non-hydrogen) atoms. The van der Waals surface area contributed by atoms with E-state index in [1.807, 2.05) is 19.1 Å². The van der Waals surface area contributed by atoms with E-state index >= 15 is 0 Å². The minimum Gasteiger partial charge on any atom is -0.378 e. The molecule has 0 atom stereocenters. The van der Waals surface area contributed by atoms with Gasteiger partial charge in [-0.25, -0.2) is 4.90 Å². The quantitative estimate of drug-likeness (QED) is 0.780. The second-order valence-corrected chi connectivity index (χ2v) is 6.45. The Balaban J connectivity index is 1.66. The van der Waals surface area contributed by atoms with Gasteiger partial charge in [0.05, 0.1) is 30.0 Å². The largest absolute Gasteiger partial charge is 0.378 e. The van der Waals surface area contributed by atoms with Crippen molar-refractivity contribution in [2.75, 3.05) is 31.2 Å². The van der Waals surface area contributed by atoms with Crippen molar-refractivity contribution < 1.29 is 19.1 Å². The Hall–Kier alpha value is -2.99. The van der Waals surface area contributed by atoms with E-state index in [4.69, 9.17) is 4.74 Å². The Bertz CT molecular complexity index is 899. The number of anilines is 1. The molecule has 0 aliphatic carbocycles. The lowest BCUT2D eigenvalue weighted by molar-refractivity contribution is 0.0303. The average molecular weight is 350 g/mol. The van der Waals surface area contributed by atoms with Gasteiger partial charge in [-0.15, -0.1) is 0 Å². The molecule has 0 radical (unpaired) electrons. The van der Waals surface area contributed by atoms with Gasteiger partial charge in [0, 0.05) is 18.7 Å². The summed E-state index contributed by atoms with van der Waals surface area (Å²) in [6.45, 7) is 4.01. The zero-order valence-corrected chi connectivity index (χ0v) is 14.4. The van der Waals surface area contributed by atoms with E-state index in [2.05, 4.69) is 0 Å². The normalized spacial score (nSPS) is 16.8. The van der Waals surface area contributed by atoms with Crippen molar-refractivity contribution in [3.8, 4) is 0 Å². The molecule has 6 nitrogen and oxygen atoms in total. The Kier molecular flexibility index (Phi) is 4.05. The number of carbonyl (C=O) groups is 3. The fourth-order valence-electron chi connectivity index (χ4n) is 3.25. The number of nitrogens with zero attached hydrogens (tertiary/aromatic N) is 2. The Morgan fingerprint density at radius 2 is 1.58 bits per heavy atom. The fourth-order valence-corrected chi connectivity index (χ4v) is 3.25. The number of imide groups is 1. The van der Waals surface area contributed by atoms with Crippen LogP contribution in [0.1, 0.15) is 36.6 Å². The van der Waals surface area contributed by atoms with Crippen LogP contribution >= 0.6 is 0 Å². The van der Waals surface area contributed by atoms with Crippen LogP contribution in [0.15, 0.2) is 42.5 Å². The van der Waals surface area contributed by atoms with Gasteiger partial charge in [0.15, 0.2) is 0 Å². The van der Waals surface area contributed by atoms with Crippen LogP contribution in [0.4, 0.5) is 5.69 Å². The Labute approximate surface area is 151 Å². The highest BCUT2D eigenvalue weighted by molar-refractivity contribution is 6.34. The minimum absolute atomic E-state index is 0.148. The number of amides is 3. The maximum absolute atomic E-state index is 12.8. The van der Waals surface area contributed by atoms with E-state index in [1.54, 1.807) is 29.2 Å². The summed E-state index contributed by atoms with van der Waals surface area (Å²) in [5.74, 6) is -0.908. The van der Waals surface area contributed by atoms with Gasteiger partial charge < -0.3 is 9.64 Å². The first-order valence-corrected chi connectivity index (χ1v) is 8.53. The SMILES string of the molecule is Cc1ccc(N2C(=O)c3ccc(C(=O)N4CCOCC4)cc3C2=O)cc1. The zero-order chi connectivity index (χ0) is 18.3. The van der Waals surface area contributed by atoms with E-state index in [1.165, 1.54) is 6.07 Å². The average Bonchev–Trinajstić information content (AvgIpc) is 2.93. The molecule has 3 amide bonds. The molecule has 1 fully saturated rings. The third-order valence-corrected chi connectivity index (χ3v) is 4.72. The molecule has 2 aromatic carbocycles. The van der Waals surface area contributed by atoms with Crippen molar-refractivity contribution in [3.05, 3.63) is 64.7 Å². The molecule has 6 heteroatoms. The highest BCUT2D eigenvalue weighted by atomic mass is 16.5. The molecule has 2 aliphatic rings. The maximum Gasteiger partial charge on any atom is 0.266 e. The van der Waals surface area contributed by atoms with Gasteiger partial charge in [0.2, 0.25) is 0 Å². The number of ether oxygens (including phenoxy) is 1. The molecule has 2 aliphatic heterocycles. The molecular weight excluding hydrogens is 332 g/mol. The Morgan fingerprint density at radius 3 is 2.27 bits per heavy atom. The van der Waals surface area contributed by atoms with Gasteiger partial charge in [0.1, 0.15) is 0 Å². The smallest absolute Gasteiger partial charge is 0.266 e. The fraction of sp³-hybridized carbons (Fsp3) is 0.250. The summed E-state index contributed by atoms with van der Waals surface area (Å²) in [6.07, 6.45) is 0. The van der Waals surface area contributed by atoms with Crippen LogP contribution in [0.5, 0.6) is 0 Å². The standard InChI is InChI=1S/C20H18N2O4/c1-13-2-5-15(6-3-13)22-19(24)16-7-4-14(12-17(16)20(22)25)18(23)21-8-10-26-11-9-21/h2-7,12H,8-11H2,1H3. The monoisotopic (exact) mass is 350 g/mol. The van der Waals surface area contributed by atoms with Crippen molar-refractivity contribution in [1.29, 1.82) is 0 Å². The molecule has 0 spiro atoms. The zero-order valence-electron chi connectivity index (χ0n) is 14.4. The lowest BCUT2D eigenvalue weighted by Gasteiger charge is -2.26. The van der Waals surface area contributed by atoms with Crippen molar-refractivity contribution in [2.45, 2.75) is 6.92 Å². The predicted octanol–water partition coefficient (Wildman–Crippen LogP) is 2.27. The second kappa shape index (κ2) is 6.38. The maximum atomic E-state index is 12.8. The predicted molar refractivity (Wildman–Crippen MR) is 95.5 cm³/mol. The molecule has 0 aromatic heterocycles. The number of benzene rings is 2. The first-order valence-electron chi connectivity index (χ1n) is 8.53. The summed E-state index contributed by atoms with van der Waals surface area (Å²) >= 11 is 0. The van der Waals surface area contributed by atoms with Crippen molar-refractivity contribution in [1.82, 2.24) is 4.90 Å². The molecular formula is C20H18N2O4. The summed E-state index contributed by atoms with van der Waals surface area (Å²) in [5, 5.41) is 0. The van der Waals surface area contributed by atoms with Crippen LogP contribution < -0.4 is 4.90 Å². The van der Waals surface area contributed by atoms with Gasteiger partial charge in [-0.2, -0.15) is 0 Å². The number of morpholine rings is 1. The van der Waals surface area contributed by atoms with Gasteiger partial charge >= 0.3 is 0 Å². The molecule has 1 saturated heterocycles. The lowest BCUT2D eigenvalue weighted by atomic mass is 10.0. The number of rotatable bonds is 2. The van der Waals surface area contributed by atoms with Gasteiger partial charge in [-0.1, -0.05) is 17.7 Å². The summed E-state index contributed by atoms with van der Waals surface area (Å²) in [5.41, 5.74) is 2.59. The topological polar surface area (TPSA) is 66.9 Å². The summed E-state index contributed by atoms with van der Waals surface area (Å²) in [6, 6.07) is 11.9. The van der Waals surface area contributed by atoms with Crippen LogP contribution in [0, 0.1) is 6.92 Å². The van der Waals surface area contributed by atoms with Crippen LogP contribution in [-0.4, -0.2) is 48.9 Å². The van der Waals surface area contributed by atoms with Crippen LogP contribution in [-0.2, 0) is 4.74 Å². The van der Waals surface area contributed by atoms with Crippen molar-refractivity contribution >= 4 is 23.4 Å². The highest BCUT2D eigenvalue weighted by Crippen LogP contribution is 2.29. The molecule has 0 saturated carbocycles. The van der Waals surface area contributed by atoms with Gasteiger partial charge in [-0.3, -0.25) is 14.4 Å². The second-order valence-electron chi connectivity index (χ2n) is 6.45. The first kappa shape index (κ1) is 16.5. The van der Waals surface area contributed by atoms with Crippen LogP contribution in [0.2, 0.25) is 0 Å². The van der Waals surface area contributed by atoms with Gasteiger partial charge in [0.25, 0.3) is 17.7 Å².